The largest absolute Gasteiger partial charge is 0.460 e. The van der Waals surface area contributed by atoms with Crippen molar-refractivity contribution in [1.29, 1.82) is 0 Å². The fourth-order valence-electron chi connectivity index (χ4n) is 2.48. The first kappa shape index (κ1) is 34.1. The van der Waals surface area contributed by atoms with Gasteiger partial charge in [0.25, 0.3) is 0 Å². The van der Waals surface area contributed by atoms with Gasteiger partial charge in [0.2, 0.25) is 11.2 Å². The number of alkyl halides is 23. The molecular weight excluding hydrogens is 600 g/mol. The summed E-state index contributed by atoms with van der Waals surface area (Å²) < 4.78 is 312. The van der Waals surface area contributed by atoms with Crippen LogP contribution in [0.4, 0.5) is 105 Å². The number of allylic oxidation sites excluding steroid dienone is 2. The molecule has 24 heteroatoms. The minimum atomic E-state index is -9.91. The third-order valence-corrected chi connectivity index (χ3v) is 3.99. The van der Waals surface area contributed by atoms with Crippen LogP contribution in [-0.4, -0.2) is 54.6 Å². The van der Waals surface area contributed by atoms with Crippen LogP contribution in [0, 0.1) is 5.41 Å². The Morgan fingerprint density at radius 1 is 0.306 bits per heavy atom. The molecule has 0 radical (unpaired) electrons. The van der Waals surface area contributed by atoms with Gasteiger partial charge in [0.15, 0.2) is 0 Å². The van der Waals surface area contributed by atoms with Crippen molar-refractivity contribution >= 4 is 0 Å². The van der Waals surface area contributed by atoms with Crippen molar-refractivity contribution < 1.29 is 105 Å². The molecule has 0 N–H and O–H groups in total. The summed E-state index contributed by atoms with van der Waals surface area (Å²) in [7, 11) is 0. The number of rotatable bonds is 5. The SMILES string of the molecule is F/C(=C(/C(F)(F)F)C(C(F)(F)F)(C(F)(F)C(F)(F)F)C(F)(F)C(F)(F)C(F)(F)C(F)(F)F)C(F)(F)F. The van der Waals surface area contributed by atoms with E-state index in [4.69, 9.17) is 0 Å². The molecule has 0 fully saturated rings. The molecule has 0 aliphatic carbocycles. The van der Waals surface area contributed by atoms with Gasteiger partial charge in [-0.25, -0.2) is 4.39 Å². The van der Waals surface area contributed by atoms with E-state index >= 15 is 0 Å². The monoisotopic (exact) mass is 600 g/mol. The van der Waals surface area contributed by atoms with Gasteiger partial charge < -0.3 is 0 Å². The Bertz CT molecular complexity index is 835. The van der Waals surface area contributed by atoms with Crippen LogP contribution in [0.1, 0.15) is 0 Å². The van der Waals surface area contributed by atoms with Crippen LogP contribution in [0.25, 0.3) is 0 Å². The second-order valence-electron chi connectivity index (χ2n) is 6.23. The Labute approximate surface area is 178 Å². The maximum Gasteiger partial charge on any atom is 0.460 e. The predicted octanol–water partition coefficient (Wildman–Crippen LogP) is 8.55. The molecule has 0 aromatic rings. The average molecular weight is 600 g/mol. The molecule has 0 heterocycles. The van der Waals surface area contributed by atoms with Crippen LogP contribution in [0.3, 0.4) is 0 Å². The highest BCUT2D eigenvalue weighted by Crippen LogP contribution is 2.73. The molecule has 1 unspecified atom stereocenters. The summed E-state index contributed by atoms with van der Waals surface area (Å²) in [6.07, 6.45) is -43.2. The second-order valence-corrected chi connectivity index (χ2v) is 6.23. The summed E-state index contributed by atoms with van der Waals surface area (Å²) in [4.78, 5) is 0. The van der Waals surface area contributed by atoms with Crippen molar-refractivity contribution in [3.8, 4) is 0 Å². The maximum atomic E-state index is 14.1. The van der Waals surface area contributed by atoms with Gasteiger partial charge in [-0.1, -0.05) is 0 Å². The van der Waals surface area contributed by atoms with Gasteiger partial charge >= 0.3 is 54.6 Å². The molecule has 0 rings (SSSR count). The van der Waals surface area contributed by atoms with Crippen LogP contribution in [0.15, 0.2) is 11.4 Å². The first-order chi connectivity index (χ1) is 15.0. The Kier molecular flexibility index (Phi) is 7.83. The van der Waals surface area contributed by atoms with E-state index in [1.54, 1.807) is 0 Å². The summed E-state index contributed by atoms with van der Waals surface area (Å²) >= 11 is 0. The van der Waals surface area contributed by atoms with Crippen LogP contribution in [0.2, 0.25) is 0 Å². The van der Waals surface area contributed by atoms with E-state index in [2.05, 4.69) is 0 Å². The predicted molar refractivity (Wildman–Crippen MR) is 60.6 cm³/mol. The zero-order valence-corrected chi connectivity index (χ0v) is 15.1. The zero-order chi connectivity index (χ0) is 30.2. The number of hydrogen-bond donors (Lipinski definition) is 0. The zero-order valence-electron chi connectivity index (χ0n) is 15.1. The quantitative estimate of drug-likeness (QED) is 0.278. The van der Waals surface area contributed by atoms with Crippen molar-refractivity contribution in [2.75, 3.05) is 0 Å². The summed E-state index contributed by atoms with van der Waals surface area (Å²) in [5.74, 6) is -44.0. The van der Waals surface area contributed by atoms with E-state index in [1.807, 2.05) is 0 Å². The van der Waals surface area contributed by atoms with Crippen LogP contribution < -0.4 is 0 Å². The van der Waals surface area contributed by atoms with Crippen molar-refractivity contribution in [2.45, 2.75) is 54.6 Å². The molecule has 0 nitrogen and oxygen atoms in total. The lowest BCUT2D eigenvalue weighted by molar-refractivity contribution is -0.474. The molecule has 0 saturated heterocycles. The average Bonchev–Trinajstić information content (AvgIpc) is 2.52. The van der Waals surface area contributed by atoms with Crippen molar-refractivity contribution in [2.24, 2.45) is 5.41 Å². The number of halogens is 24. The van der Waals surface area contributed by atoms with Crippen molar-refractivity contribution in [1.82, 2.24) is 0 Å². The normalized spacial score (nSPS) is 18.7. The lowest BCUT2D eigenvalue weighted by atomic mass is 9.64. The molecule has 0 amide bonds. The topological polar surface area (TPSA) is 0 Å². The third kappa shape index (κ3) is 4.48. The van der Waals surface area contributed by atoms with Crippen LogP contribution in [0.5, 0.6) is 0 Å². The first-order valence-electron chi connectivity index (χ1n) is 7.29. The van der Waals surface area contributed by atoms with E-state index in [-0.39, 0.29) is 0 Å². The lowest BCUT2D eigenvalue weighted by Gasteiger charge is -2.50. The van der Waals surface area contributed by atoms with Crippen molar-refractivity contribution in [3.63, 3.8) is 0 Å². The summed E-state index contributed by atoms with van der Waals surface area (Å²) in [6, 6.07) is 0. The van der Waals surface area contributed by atoms with Gasteiger partial charge in [0.05, 0.1) is 0 Å². The Morgan fingerprint density at radius 2 is 0.611 bits per heavy atom. The minimum Gasteiger partial charge on any atom is -0.201 e. The van der Waals surface area contributed by atoms with Crippen molar-refractivity contribution in [3.05, 3.63) is 11.4 Å². The highest BCUT2D eigenvalue weighted by atomic mass is 19.4. The molecule has 0 spiro atoms. The summed E-state index contributed by atoms with van der Waals surface area (Å²) in [5, 5.41) is 0. The Balaban J connectivity index is 8.87. The van der Waals surface area contributed by atoms with E-state index in [9.17, 15) is 105 Å². The molecule has 0 aliphatic heterocycles. The van der Waals surface area contributed by atoms with Crippen LogP contribution >= 0.6 is 0 Å². The second kappa shape index (κ2) is 8.28. The molecule has 36 heavy (non-hydrogen) atoms. The third-order valence-electron chi connectivity index (χ3n) is 3.99. The first-order valence-corrected chi connectivity index (χ1v) is 7.29. The molecular formula is C12F24. The van der Waals surface area contributed by atoms with E-state index < -0.39 is 71.4 Å². The number of hydrogen-bond acceptors (Lipinski definition) is 0. The smallest absolute Gasteiger partial charge is 0.201 e. The molecule has 216 valence electrons. The van der Waals surface area contributed by atoms with Gasteiger partial charge in [-0.15, -0.1) is 0 Å². The van der Waals surface area contributed by atoms with Gasteiger partial charge in [-0.2, -0.15) is 101 Å². The maximum absolute atomic E-state index is 14.1. The highest BCUT2D eigenvalue weighted by Gasteiger charge is 2.99. The van der Waals surface area contributed by atoms with Gasteiger partial charge in [0.1, 0.15) is 5.57 Å². The fourth-order valence-corrected chi connectivity index (χ4v) is 2.48. The van der Waals surface area contributed by atoms with Gasteiger partial charge in [-0.05, 0) is 0 Å². The van der Waals surface area contributed by atoms with E-state index in [0.29, 0.717) is 0 Å². The molecule has 1 atom stereocenters. The molecule has 0 saturated carbocycles. The molecule has 0 aliphatic rings. The highest BCUT2D eigenvalue weighted by molar-refractivity contribution is 5.38. The molecule has 0 aromatic carbocycles. The molecule has 0 bridgehead atoms. The molecule has 0 aromatic heterocycles. The standard InChI is InChI=1S/C12F24/c13-2(5(17,18)19)1(4(14,15)16)3(10(28,29)30,7(22,23)11(31,32)33)6(20,21)8(24,25)9(26,27)12(34,35)36/b2-1+. The van der Waals surface area contributed by atoms with Gasteiger partial charge in [-0.3, -0.25) is 0 Å². The minimum absolute atomic E-state index is 6.10. The Hall–Kier alpha value is -1.94. The fraction of sp³-hybridized carbons (Fsp3) is 0.833. The summed E-state index contributed by atoms with van der Waals surface area (Å²) in [5.41, 5.74) is -16.5. The van der Waals surface area contributed by atoms with Crippen LogP contribution in [-0.2, 0) is 0 Å². The van der Waals surface area contributed by atoms with Gasteiger partial charge in [0, 0.05) is 0 Å². The summed E-state index contributed by atoms with van der Waals surface area (Å²) in [6.45, 7) is 0. The van der Waals surface area contributed by atoms with E-state index in [0.717, 1.165) is 0 Å². The van der Waals surface area contributed by atoms with E-state index in [1.165, 1.54) is 0 Å². The Morgan fingerprint density at radius 3 is 0.806 bits per heavy atom. The lowest BCUT2D eigenvalue weighted by Crippen LogP contribution is -2.77.